The smallest absolute Gasteiger partial charge is 0.101 e. The summed E-state index contributed by atoms with van der Waals surface area (Å²) in [6, 6.07) is 2.44. The van der Waals surface area contributed by atoms with Crippen LogP contribution < -0.4 is 16.0 Å². The number of alkyl halides is 1. The van der Waals surface area contributed by atoms with Crippen LogP contribution in [-0.4, -0.2) is 72.7 Å². The van der Waals surface area contributed by atoms with Crippen LogP contribution in [0.2, 0.25) is 0 Å². The third-order valence-corrected chi connectivity index (χ3v) is 9.11. The van der Waals surface area contributed by atoms with Gasteiger partial charge in [0, 0.05) is 49.3 Å². The van der Waals surface area contributed by atoms with Crippen LogP contribution in [0.1, 0.15) is 78.1 Å². The second-order valence-electron chi connectivity index (χ2n) is 10.8. The van der Waals surface area contributed by atoms with Crippen LogP contribution in [0.3, 0.4) is 0 Å². The van der Waals surface area contributed by atoms with Gasteiger partial charge >= 0.3 is 0 Å². The number of piperidine rings is 2. The second-order valence-corrected chi connectivity index (χ2v) is 10.8. The number of hydrogen-bond donors (Lipinski definition) is 3. The lowest BCUT2D eigenvalue weighted by molar-refractivity contribution is -0.0863. The van der Waals surface area contributed by atoms with Crippen LogP contribution in [0.25, 0.3) is 0 Å². The van der Waals surface area contributed by atoms with Gasteiger partial charge in [-0.15, -0.1) is 0 Å². The van der Waals surface area contributed by atoms with Gasteiger partial charge in [-0.2, -0.15) is 0 Å². The highest BCUT2D eigenvalue weighted by Crippen LogP contribution is 2.43. The van der Waals surface area contributed by atoms with E-state index in [2.05, 4.69) is 34.7 Å². The van der Waals surface area contributed by atoms with Crippen molar-refractivity contribution in [2.45, 2.75) is 126 Å². The van der Waals surface area contributed by atoms with E-state index in [4.69, 9.17) is 4.74 Å². The molecule has 0 aromatic carbocycles. The highest BCUT2D eigenvalue weighted by Gasteiger charge is 2.52. The van der Waals surface area contributed by atoms with Crippen molar-refractivity contribution in [3.63, 3.8) is 0 Å². The molecule has 4 aliphatic heterocycles. The molecule has 7 unspecified atom stereocenters. The lowest BCUT2D eigenvalue weighted by Crippen LogP contribution is -2.75. The molecule has 0 aromatic heterocycles. The number of ether oxygens (including phenoxy) is 1. The molecule has 5 aliphatic rings. The van der Waals surface area contributed by atoms with Gasteiger partial charge in [0.1, 0.15) is 6.17 Å². The fraction of sp³-hybridized carbons (Fsp3) is 1.00. The van der Waals surface area contributed by atoms with E-state index in [1.54, 1.807) is 0 Å². The first-order valence-corrected chi connectivity index (χ1v) is 12.9. The molecule has 5 nitrogen and oxygen atoms in total. The average Bonchev–Trinajstić information content (AvgIpc) is 3.24. The van der Waals surface area contributed by atoms with Gasteiger partial charge in [-0.1, -0.05) is 6.92 Å². The van der Waals surface area contributed by atoms with E-state index < -0.39 is 6.17 Å². The Labute approximate surface area is 182 Å². The Morgan fingerprint density at radius 3 is 2.87 bits per heavy atom. The van der Waals surface area contributed by atoms with Gasteiger partial charge in [0.2, 0.25) is 0 Å². The summed E-state index contributed by atoms with van der Waals surface area (Å²) in [4.78, 5) is 2.79. The first kappa shape index (κ1) is 21.6. The molecule has 4 saturated heterocycles. The fourth-order valence-electron chi connectivity index (χ4n) is 7.52. The third-order valence-electron chi connectivity index (χ3n) is 9.11. The standard InChI is InChI=1S/C24H43FN4O/c1-3-24-11-8-19-23(28-24)20(9-12-26-19)27-16(2)10-14-30-22-7-6-17(25)15-18(22)21-5-4-13-29(21)24/h16-23,26-28H,3-15H2,1-2H3/t16-,17?,18?,19?,20?,21-,22?,23?,24?/m1/s1. The van der Waals surface area contributed by atoms with Crippen LogP contribution in [0, 0.1) is 5.92 Å². The molecule has 5 rings (SSSR count). The van der Waals surface area contributed by atoms with Crippen molar-refractivity contribution in [2.24, 2.45) is 5.92 Å². The second kappa shape index (κ2) is 8.93. The number of nitrogens with one attached hydrogen (secondary N) is 3. The molecule has 1 aliphatic carbocycles. The zero-order valence-electron chi connectivity index (χ0n) is 19.0. The van der Waals surface area contributed by atoms with Gasteiger partial charge in [0.25, 0.3) is 0 Å². The van der Waals surface area contributed by atoms with Crippen LogP contribution >= 0.6 is 0 Å². The van der Waals surface area contributed by atoms with E-state index in [0.29, 0.717) is 49.0 Å². The average molecular weight is 423 g/mol. The SMILES string of the molecule is CCC12CCC3NCCC(N[C@H](C)CCOC4CCC(F)CC4[C@H]4CCCN41)C3N2. The van der Waals surface area contributed by atoms with E-state index in [-0.39, 0.29) is 11.8 Å². The van der Waals surface area contributed by atoms with Crippen molar-refractivity contribution in [1.29, 1.82) is 0 Å². The molecule has 0 amide bonds. The molecular formula is C24H43FN4O. The maximum absolute atomic E-state index is 14.6. The first-order valence-electron chi connectivity index (χ1n) is 12.9. The topological polar surface area (TPSA) is 48.6 Å². The zero-order chi connectivity index (χ0) is 20.7. The van der Waals surface area contributed by atoms with Crippen LogP contribution in [0.5, 0.6) is 0 Å². The van der Waals surface area contributed by atoms with Gasteiger partial charge in [0.15, 0.2) is 0 Å². The normalized spacial score (nSPS) is 50.5. The molecule has 9 atom stereocenters. The highest BCUT2D eigenvalue weighted by atomic mass is 19.1. The number of hydrogen-bond acceptors (Lipinski definition) is 5. The highest BCUT2D eigenvalue weighted by molar-refractivity contribution is 5.09. The van der Waals surface area contributed by atoms with E-state index >= 15 is 0 Å². The fourth-order valence-corrected chi connectivity index (χ4v) is 7.52. The quantitative estimate of drug-likeness (QED) is 0.607. The third kappa shape index (κ3) is 3.96. The summed E-state index contributed by atoms with van der Waals surface area (Å²) in [7, 11) is 0. The Balaban J connectivity index is 1.48. The summed E-state index contributed by atoms with van der Waals surface area (Å²) < 4.78 is 21.1. The predicted molar refractivity (Wildman–Crippen MR) is 118 cm³/mol. The van der Waals surface area contributed by atoms with Gasteiger partial charge in [-0.25, -0.2) is 4.39 Å². The first-order chi connectivity index (χ1) is 14.6. The monoisotopic (exact) mass is 422 g/mol. The van der Waals surface area contributed by atoms with E-state index in [0.717, 1.165) is 39.0 Å². The van der Waals surface area contributed by atoms with Crippen molar-refractivity contribution in [3.8, 4) is 0 Å². The maximum atomic E-state index is 14.6. The Kier molecular flexibility index (Phi) is 6.42. The molecule has 0 aromatic rings. The van der Waals surface area contributed by atoms with Crippen LogP contribution in [0.15, 0.2) is 0 Å². The Morgan fingerprint density at radius 1 is 1.10 bits per heavy atom. The molecule has 0 radical (unpaired) electrons. The largest absolute Gasteiger partial charge is 0.378 e. The van der Waals surface area contributed by atoms with E-state index in [1.807, 2.05) is 0 Å². The minimum absolute atomic E-state index is 0.0480. The van der Waals surface area contributed by atoms with Crippen LogP contribution in [0.4, 0.5) is 4.39 Å². The van der Waals surface area contributed by atoms with Gasteiger partial charge in [-0.05, 0) is 77.7 Å². The van der Waals surface area contributed by atoms with Gasteiger partial charge in [-0.3, -0.25) is 10.2 Å². The summed E-state index contributed by atoms with van der Waals surface area (Å²) in [5, 5.41) is 12.0. The Hall–Kier alpha value is -0.270. The van der Waals surface area contributed by atoms with Crippen molar-refractivity contribution in [3.05, 3.63) is 0 Å². The molecule has 30 heavy (non-hydrogen) atoms. The number of fused-ring (bicyclic) bond motifs is 5. The molecule has 4 heterocycles. The summed E-state index contributed by atoms with van der Waals surface area (Å²) in [5.41, 5.74) is 0.0480. The Morgan fingerprint density at radius 2 is 2.00 bits per heavy atom. The number of rotatable bonds is 1. The molecular weight excluding hydrogens is 379 g/mol. The van der Waals surface area contributed by atoms with Gasteiger partial charge in [0.05, 0.1) is 11.8 Å². The van der Waals surface area contributed by atoms with E-state index in [1.165, 1.54) is 32.1 Å². The van der Waals surface area contributed by atoms with Crippen molar-refractivity contribution in [2.75, 3.05) is 19.7 Å². The molecule has 1 saturated carbocycles. The summed E-state index contributed by atoms with van der Waals surface area (Å²) in [6.45, 7) is 7.71. The molecule has 2 bridgehead atoms. The lowest BCUT2D eigenvalue weighted by Gasteiger charge is -2.56. The number of halogens is 1. The summed E-state index contributed by atoms with van der Waals surface area (Å²) >= 11 is 0. The van der Waals surface area contributed by atoms with E-state index in [9.17, 15) is 4.39 Å². The van der Waals surface area contributed by atoms with Crippen molar-refractivity contribution in [1.82, 2.24) is 20.9 Å². The predicted octanol–water partition coefficient (Wildman–Crippen LogP) is 2.94. The molecule has 3 N–H and O–H groups in total. The Bertz CT molecular complexity index is 594. The molecule has 5 fully saturated rings. The maximum Gasteiger partial charge on any atom is 0.101 e. The van der Waals surface area contributed by atoms with Gasteiger partial charge < -0.3 is 15.4 Å². The molecule has 6 heteroatoms. The zero-order valence-corrected chi connectivity index (χ0v) is 19.0. The van der Waals surface area contributed by atoms with Crippen molar-refractivity contribution < 1.29 is 9.13 Å². The lowest BCUT2D eigenvalue weighted by atomic mass is 9.77. The molecule has 172 valence electrons. The minimum Gasteiger partial charge on any atom is -0.378 e. The number of nitrogens with zero attached hydrogens (tertiary/aromatic N) is 1. The van der Waals surface area contributed by atoms with Crippen LogP contribution in [-0.2, 0) is 4.74 Å². The summed E-state index contributed by atoms with van der Waals surface area (Å²) in [6.07, 6.45) is 10.0. The van der Waals surface area contributed by atoms with Crippen molar-refractivity contribution >= 4 is 0 Å². The summed E-state index contributed by atoms with van der Waals surface area (Å²) in [5.74, 6) is 0.337. The minimum atomic E-state index is -0.651. The molecule has 0 spiro atoms.